The van der Waals surface area contributed by atoms with Crippen molar-refractivity contribution in [1.82, 2.24) is 10.2 Å². The maximum atomic E-state index is 13.9. The number of hydrogen-bond acceptors (Lipinski definition) is 3. The second-order valence-corrected chi connectivity index (χ2v) is 7.66. The lowest BCUT2D eigenvalue weighted by Crippen LogP contribution is -2.52. The van der Waals surface area contributed by atoms with E-state index in [-0.39, 0.29) is 5.91 Å². The Bertz CT molecular complexity index is 848. The van der Waals surface area contributed by atoms with Gasteiger partial charge in [-0.2, -0.15) is 0 Å². The molecule has 2 aromatic carbocycles. The summed E-state index contributed by atoms with van der Waals surface area (Å²) >= 11 is 0. The van der Waals surface area contributed by atoms with Crippen molar-refractivity contribution in [2.75, 3.05) is 20.2 Å². The van der Waals surface area contributed by atoms with Crippen LogP contribution in [0.2, 0.25) is 0 Å². The Morgan fingerprint density at radius 1 is 1.11 bits per heavy atom. The maximum Gasteiger partial charge on any atom is 0.251 e. The molecule has 1 aliphatic rings. The van der Waals surface area contributed by atoms with Crippen LogP contribution in [-0.4, -0.2) is 36.5 Å². The van der Waals surface area contributed by atoms with Crippen molar-refractivity contribution in [3.63, 3.8) is 0 Å². The van der Waals surface area contributed by atoms with Crippen LogP contribution >= 0.6 is 0 Å². The standard InChI is InChI=1S/C22H26F2N2O2/c1-22(2,26-11-4-5-12-26)20(15-9-10-18(23)19(24)14-15)25-21(27)16-7-6-8-17(13-16)28-3/h6-10,13-14,20H,4-5,11-12H2,1-3H3,(H,25,27). The van der Waals surface area contributed by atoms with Crippen LogP contribution in [0.4, 0.5) is 8.78 Å². The van der Waals surface area contributed by atoms with E-state index in [9.17, 15) is 13.6 Å². The van der Waals surface area contributed by atoms with Crippen LogP contribution in [0, 0.1) is 11.6 Å². The highest BCUT2D eigenvalue weighted by Gasteiger charge is 2.39. The highest BCUT2D eigenvalue weighted by molar-refractivity contribution is 5.95. The van der Waals surface area contributed by atoms with Gasteiger partial charge in [0.1, 0.15) is 5.75 Å². The molecular weight excluding hydrogens is 362 g/mol. The highest BCUT2D eigenvalue weighted by Crippen LogP contribution is 2.34. The van der Waals surface area contributed by atoms with Gasteiger partial charge in [-0.3, -0.25) is 9.69 Å². The number of ether oxygens (including phenoxy) is 1. The molecule has 1 unspecified atom stereocenters. The van der Waals surface area contributed by atoms with E-state index < -0.39 is 23.2 Å². The summed E-state index contributed by atoms with van der Waals surface area (Å²) in [6.45, 7) is 5.86. The summed E-state index contributed by atoms with van der Waals surface area (Å²) in [7, 11) is 1.54. The monoisotopic (exact) mass is 388 g/mol. The number of halogens is 2. The minimum atomic E-state index is -0.921. The lowest BCUT2D eigenvalue weighted by molar-refractivity contribution is 0.0777. The molecule has 1 saturated heterocycles. The summed E-state index contributed by atoms with van der Waals surface area (Å²) in [4.78, 5) is 15.2. The van der Waals surface area contributed by atoms with Gasteiger partial charge in [-0.05, 0) is 75.7 Å². The Hall–Kier alpha value is -2.47. The van der Waals surface area contributed by atoms with Gasteiger partial charge in [0, 0.05) is 11.1 Å². The highest BCUT2D eigenvalue weighted by atomic mass is 19.2. The Morgan fingerprint density at radius 3 is 2.46 bits per heavy atom. The summed E-state index contributed by atoms with van der Waals surface area (Å²) in [6, 6.07) is 10.2. The number of benzene rings is 2. The van der Waals surface area contributed by atoms with Crippen LogP contribution in [0.5, 0.6) is 5.75 Å². The molecule has 1 fully saturated rings. The fourth-order valence-corrected chi connectivity index (χ4v) is 3.81. The summed E-state index contributed by atoms with van der Waals surface area (Å²) in [5, 5.41) is 3.04. The minimum Gasteiger partial charge on any atom is -0.497 e. The van der Waals surface area contributed by atoms with Gasteiger partial charge < -0.3 is 10.1 Å². The van der Waals surface area contributed by atoms with Gasteiger partial charge in [0.25, 0.3) is 5.91 Å². The summed E-state index contributed by atoms with van der Waals surface area (Å²) in [6.07, 6.45) is 2.16. The van der Waals surface area contributed by atoms with Crippen molar-refractivity contribution in [1.29, 1.82) is 0 Å². The van der Waals surface area contributed by atoms with Gasteiger partial charge in [0.05, 0.1) is 13.2 Å². The molecule has 28 heavy (non-hydrogen) atoms. The molecule has 2 aromatic rings. The van der Waals surface area contributed by atoms with E-state index in [1.54, 1.807) is 24.3 Å². The smallest absolute Gasteiger partial charge is 0.251 e. The molecule has 0 aromatic heterocycles. The zero-order valence-electron chi connectivity index (χ0n) is 16.5. The summed E-state index contributed by atoms with van der Waals surface area (Å²) < 4.78 is 32.6. The number of methoxy groups -OCH3 is 1. The molecule has 1 heterocycles. The average Bonchev–Trinajstić information content (AvgIpc) is 3.24. The predicted octanol–water partition coefficient (Wildman–Crippen LogP) is 4.32. The SMILES string of the molecule is COc1cccc(C(=O)NC(c2ccc(F)c(F)c2)C(C)(C)N2CCCC2)c1. The molecule has 1 N–H and O–H groups in total. The Kier molecular flexibility index (Phi) is 5.98. The molecule has 6 heteroatoms. The number of carbonyl (C=O) groups is 1. The van der Waals surface area contributed by atoms with Gasteiger partial charge in [-0.25, -0.2) is 8.78 Å². The van der Waals surface area contributed by atoms with E-state index in [1.165, 1.54) is 19.2 Å². The van der Waals surface area contributed by atoms with Crippen LogP contribution in [0.15, 0.2) is 42.5 Å². The Labute approximate surface area is 164 Å². The largest absolute Gasteiger partial charge is 0.497 e. The molecule has 150 valence electrons. The van der Waals surface area contributed by atoms with Crippen molar-refractivity contribution >= 4 is 5.91 Å². The van der Waals surface area contributed by atoms with E-state index in [2.05, 4.69) is 10.2 Å². The van der Waals surface area contributed by atoms with E-state index in [0.29, 0.717) is 16.9 Å². The lowest BCUT2D eigenvalue weighted by Gasteiger charge is -2.42. The number of nitrogens with one attached hydrogen (secondary N) is 1. The van der Waals surface area contributed by atoms with Crippen LogP contribution in [0.1, 0.15) is 48.7 Å². The van der Waals surface area contributed by atoms with Crippen molar-refractivity contribution < 1.29 is 18.3 Å². The topological polar surface area (TPSA) is 41.6 Å². The second kappa shape index (κ2) is 8.27. The normalized spacial score (nSPS) is 16.0. The first-order valence-electron chi connectivity index (χ1n) is 9.48. The lowest BCUT2D eigenvalue weighted by atomic mass is 9.86. The third kappa shape index (κ3) is 4.17. The van der Waals surface area contributed by atoms with Gasteiger partial charge >= 0.3 is 0 Å². The van der Waals surface area contributed by atoms with Crippen molar-refractivity contribution in [3.8, 4) is 5.75 Å². The zero-order chi connectivity index (χ0) is 20.3. The third-order valence-corrected chi connectivity index (χ3v) is 5.51. The molecular formula is C22H26F2N2O2. The fourth-order valence-electron chi connectivity index (χ4n) is 3.81. The first-order valence-corrected chi connectivity index (χ1v) is 9.48. The van der Waals surface area contributed by atoms with Gasteiger partial charge in [0.15, 0.2) is 11.6 Å². The molecule has 1 atom stereocenters. The maximum absolute atomic E-state index is 13.9. The molecule has 1 aliphatic heterocycles. The number of nitrogens with zero attached hydrogens (tertiary/aromatic N) is 1. The summed E-state index contributed by atoms with van der Waals surface area (Å²) in [5.41, 5.74) is 0.506. The van der Waals surface area contributed by atoms with Crippen LogP contribution in [0.25, 0.3) is 0 Å². The minimum absolute atomic E-state index is 0.291. The van der Waals surface area contributed by atoms with Gasteiger partial charge in [-0.1, -0.05) is 12.1 Å². The zero-order valence-corrected chi connectivity index (χ0v) is 16.5. The van der Waals surface area contributed by atoms with Crippen molar-refractivity contribution in [2.24, 2.45) is 0 Å². The molecule has 0 bridgehead atoms. The quantitative estimate of drug-likeness (QED) is 0.801. The number of rotatable bonds is 6. The van der Waals surface area contributed by atoms with Crippen LogP contribution in [-0.2, 0) is 0 Å². The van der Waals surface area contributed by atoms with Crippen molar-refractivity contribution in [2.45, 2.75) is 38.3 Å². The van der Waals surface area contributed by atoms with Crippen LogP contribution < -0.4 is 10.1 Å². The first-order chi connectivity index (χ1) is 13.3. The number of likely N-dealkylation sites (tertiary alicyclic amines) is 1. The third-order valence-electron chi connectivity index (χ3n) is 5.51. The number of carbonyl (C=O) groups excluding carboxylic acids is 1. The molecule has 0 aliphatic carbocycles. The second-order valence-electron chi connectivity index (χ2n) is 7.66. The average molecular weight is 388 g/mol. The molecule has 0 radical (unpaired) electrons. The van der Waals surface area contributed by atoms with E-state index >= 15 is 0 Å². The number of amides is 1. The van der Waals surface area contributed by atoms with E-state index in [1.807, 2.05) is 13.8 Å². The fraction of sp³-hybridized carbons (Fsp3) is 0.409. The number of hydrogen-bond donors (Lipinski definition) is 1. The predicted molar refractivity (Wildman–Crippen MR) is 104 cm³/mol. The van der Waals surface area contributed by atoms with Gasteiger partial charge in [0.2, 0.25) is 0 Å². The molecule has 3 rings (SSSR count). The molecule has 1 amide bonds. The molecule has 4 nitrogen and oxygen atoms in total. The van der Waals surface area contributed by atoms with Crippen LogP contribution in [0.3, 0.4) is 0 Å². The summed E-state index contributed by atoms with van der Waals surface area (Å²) in [5.74, 6) is -1.53. The van der Waals surface area contributed by atoms with Gasteiger partial charge in [-0.15, -0.1) is 0 Å². The molecule has 0 spiro atoms. The first kappa shape index (κ1) is 20.3. The van der Waals surface area contributed by atoms with E-state index in [4.69, 9.17) is 4.74 Å². The molecule has 0 saturated carbocycles. The Balaban J connectivity index is 1.95. The van der Waals surface area contributed by atoms with E-state index in [0.717, 1.165) is 32.0 Å². The van der Waals surface area contributed by atoms with Crippen molar-refractivity contribution in [3.05, 3.63) is 65.2 Å². The Morgan fingerprint density at radius 2 is 1.82 bits per heavy atom.